The number of phenolic OH excluding ortho intramolecular Hbond substituents is 1. The van der Waals surface area contributed by atoms with Crippen LogP contribution in [0.1, 0.15) is 58.2 Å². The Bertz CT molecular complexity index is 780. The molecule has 1 N–H and O–H groups in total. The van der Waals surface area contributed by atoms with E-state index in [0.29, 0.717) is 20.7 Å². The van der Waals surface area contributed by atoms with Gasteiger partial charge in [-0.1, -0.05) is 0 Å². The average molecular weight is 402 g/mol. The fourth-order valence-electron chi connectivity index (χ4n) is 2.64. The first-order valence-electron chi connectivity index (χ1n) is 8.59. The van der Waals surface area contributed by atoms with Gasteiger partial charge in [0, 0.05) is 0 Å². The van der Waals surface area contributed by atoms with Crippen LogP contribution in [0.2, 0.25) is 5.82 Å². The summed E-state index contributed by atoms with van der Waals surface area (Å²) in [6.45, 7) is 13.0. The standard InChI is InChI=1S/C22H29NOSe/c1-21(2,3)16-12-15(20(24)17(13-16)22(4,5)6)14-23-18-10-8-9-11-19(18)25-7/h8-14,24H,1-7H3. The number of aliphatic imine (C=N–C) groups is 1. The van der Waals surface area contributed by atoms with E-state index in [9.17, 15) is 5.11 Å². The first-order valence-corrected chi connectivity index (χ1v) is 11.2. The third-order valence-electron chi connectivity index (χ3n) is 4.24. The summed E-state index contributed by atoms with van der Waals surface area (Å²) in [6.07, 6.45) is 1.81. The Hall–Kier alpha value is -1.57. The van der Waals surface area contributed by atoms with Crippen LogP contribution in [0.3, 0.4) is 0 Å². The third kappa shape index (κ3) is 4.74. The normalized spacial score (nSPS) is 12.8. The van der Waals surface area contributed by atoms with Gasteiger partial charge in [-0.3, -0.25) is 0 Å². The SMILES string of the molecule is C[Se]c1ccccc1N=Cc1cc(C(C)(C)C)cc(C(C)(C)C)c1O. The fourth-order valence-corrected chi connectivity index (χ4v) is 3.78. The molecule has 25 heavy (non-hydrogen) atoms. The van der Waals surface area contributed by atoms with Crippen molar-refractivity contribution in [3.63, 3.8) is 0 Å². The van der Waals surface area contributed by atoms with Crippen molar-refractivity contribution >= 4 is 31.3 Å². The third-order valence-corrected chi connectivity index (χ3v) is 5.89. The molecular weight excluding hydrogens is 373 g/mol. The minimum atomic E-state index is -0.127. The molecule has 0 amide bonds. The predicted molar refractivity (Wildman–Crippen MR) is 110 cm³/mol. The van der Waals surface area contributed by atoms with E-state index >= 15 is 0 Å². The molecule has 0 radical (unpaired) electrons. The molecule has 0 saturated carbocycles. The van der Waals surface area contributed by atoms with Gasteiger partial charge in [0.1, 0.15) is 0 Å². The first-order chi connectivity index (χ1) is 11.5. The molecule has 0 aliphatic carbocycles. The van der Waals surface area contributed by atoms with Gasteiger partial charge in [0.2, 0.25) is 0 Å². The molecule has 0 aliphatic heterocycles. The molecule has 0 heterocycles. The zero-order valence-electron chi connectivity index (χ0n) is 16.3. The average Bonchev–Trinajstić information content (AvgIpc) is 2.51. The second-order valence-corrected chi connectivity index (χ2v) is 10.2. The van der Waals surface area contributed by atoms with Gasteiger partial charge in [0.25, 0.3) is 0 Å². The van der Waals surface area contributed by atoms with E-state index in [1.165, 1.54) is 10.0 Å². The van der Waals surface area contributed by atoms with Crippen LogP contribution in [0.15, 0.2) is 41.4 Å². The molecule has 0 aromatic heterocycles. The van der Waals surface area contributed by atoms with Crippen LogP contribution >= 0.6 is 0 Å². The van der Waals surface area contributed by atoms with Crippen LogP contribution in [0, 0.1) is 0 Å². The number of aromatic hydroxyl groups is 1. The van der Waals surface area contributed by atoms with E-state index in [-0.39, 0.29) is 10.8 Å². The molecule has 0 unspecified atom stereocenters. The molecular formula is C22H29NOSe. The van der Waals surface area contributed by atoms with Crippen molar-refractivity contribution in [1.82, 2.24) is 0 Å². The van der Waals surface area contributed by atoms with Gasteiger partial charge in [0.05, 0.1) is 0 Å². The Labute approximate surface area is 158 Å². The van der Waals surface area contributed by atoms with E-state index < -0.39 is 0 Å². The van der Waals surface area contributed by atoms with Crippen LogP contribution in [-0.2, 0) is 10.8 Å². The summed E-state index contributed by atoms with van der Waals surface area (Å²) in [7, 11) is 0. The first kappa shape index (κ1) is 19.8. The number of hydrogen-bond acceptors (Lipinski definition) is 2. The minimum absolute atomic E-state index is 0.0146. The molecule has 0 saturated heterocycles. The van der Waals surface area contributed by atoms with Crippen molar-refractivity contribution in [2.24, 2.45) is 4.99 Å². The Kier molecular flexibility index (Phi) is 5.81. The molecule has 0 atom stereocenters. The maximum atomic E-state index is 10.8. The number of nitrogens with zero attached hydrogens (tertiary/aromatic N) is 1. The number of phenols is 1. The predicted octanol–water partition coefficient (Wildman–Crippen LogP) is 5.12. The van der Waals surface area contributed by atoms with Gasteiger partial charge in [-0.2, -0.15) is 0 Å². The van der Waals surface area contributed by atoms with Gasteiger partial charge in [-0.05, 0) is 0 Å². The topological polar surface area (TPSA) is 32.6 Å². The molecule has 0 aliphatic rings. The van der Waals surface area contributed by atoms with Crippen LogP contribution in [0.25, 0.3) is 0 Å². The second-order valence-electron chi connectivity index (χ2n) is 8.39. The molecule has 0 spiro atoms. The van der Waals surface area contributed by atoms with Gasteiger partial charge < -0.3 is 0 Å². The molecule has 0 bridgehead atoms. The van der Waals surface area contributed by atoms with E-state index in [1.54, 1.807) is 0 Å². The van der Waals surface area contributed by atoms with E-state index in [0.717, 1.165) is 16.8 Å². The number of rotatable bonds is 3. The Morgan fingerprint density at radius 3 is 2.16 bits per heavy atom. The Balaban J connectivity index is 2.58. The van der Waals surface area contributed by atoms with Crippen LogP contribution in [0.5, 0.6) is 5.75 Å². The number of hydrogen-bond donors (Lipinski definition) is 1. The number of para-hydroxylation sites is 1. The molecule has 2 nitrogen and oxygen atoms in total. The summed E-state index contributed by atoms with van der Waals surface area (Å²) in [4.78, 5) is 4.69. The summed E-state index contributed by atoms with van der Waals surface area (Å²) in [5, 5.41) is 10.8. The van der Waals surface area contributed by atoms with Crippen molar-refractivity contribution in [3.8, 4) is 5.75 Å². The maximum absolute atomic E-state index is 10.8. The van der Waals surface area contributed by atoms with Gasteiger partial charge in [0.15, 0.2) is 0 Å². The Morgan fingerprint density at radius 1 is 0.960 bits per heavy atom. The summed E-state index contributed by atoms with van der Waals surface area (Å²) in [6, 6.07) is 12.4. The van der Waals surface area contributed by atoms with E-state index in [4.69, 9.17) is 0 Å². The molecule has 134 valence electrons. The van der Waals surface area contributed by atoms with Gasteiger partial charge in [-0.15, -0.1) is 0 Å². The summed E-state index contributed by atoms with van der Waals surface area (Å²) >= 11 is 0.389. The van der Waals surface area contributed by atoms with E-state index in [2.05, 4.69) is 76.6 Å². The van der Waals surface area contributed by atoms with Crippen molar-refractivity contribution in [2.45, 2.75) is 58.2 Å². The summed E-state index contributed by atoms with van der Waals surface area (Å²) < 4.78 is 1.27. The molecule has 2 rings (SSSR count). The van der Waals surface area contributed by atoms with Crippen molar-refractivity contribution in [3.05, 3.63) is 53.1 Å². The summed E-state index contributed by atoms with van der Waals surface area (Å²) in [5.41, 5.74) is 3.84. The molecule has 0 fully saturated rings. The second kappa shape index (κ2) is 7.35. The van der Waals surface area contributed by atoms with Crippen molar-refractivity contribution < 1.29 is 5.11 Å². The monoisotopic (exact) mass is 403 g/mol. The molecule has 2 aromatic carbocycles. The van der Waals surface area contributed by atoms with Crippen molar-refractivity contribution in [1.29, 1.82) is 0 Å². The zero-order valence-corrected chi connectivity index (χ0v) is 18.1. The van der Waals surface area contributed by atoms with Gasteiger partial charge in [-0.25, -0.2) is 0 Å². The zero-order chi connectivity index (χ0) is 18.8. The number of benzene rings is 2. The van der Waals surface area contributed by atoms with Gasteiger partial charge >= 0.3 is 158 Å². The molecule has 3 heteroatoms. The van der Waals surface area contributed by atoms with E-state index in [1.807, 2.05) is 18.3 Å². The van der Waals surface area contributed by atoms with Crippen LogP contribution < -0.4 is 4.46 Å². The Morgan fingerprint density at radius 2 is 1.60 bits per heavy atom. The fraction of sp³-hybridized carbons (Fsp3) is 0.409. The van der Waals surface area contributed by atoms with Crippen molar-refractivity contribution in [2.75, 3.05) is 0 Å². The van der Waals surface area contributed by atoms with Crippen LogP contribution in [0.4, 0.5) is 5.69 Å². The summed E-state index contributed by atoms with van der Waals surface area (Å²) in [5.74, 6) is 2.53. The molecule has 2 aromatic rings. The quantitative estimate of drug-likeness (QED) is 0.561. The van der Waals surface area contributed by atoms with Crippen LogP contribution in [-0.4, -0.2) is 26.3 Å².